The lowest BCUT2D eigenvalue weighted by atomic mass is 10.3. The maximum Gasteiger partial charge on any atom is 0.269 e. The van der Waals surface area contributed by atoms with Crippen LogP contribution in [0.3, 0.4) is 0 Å². The average molecular weight is 489 g/mol. The number of thiazole rings is 1. The third kappa shape index (κ3) is 4.11. The molecule has 0 aromatic carbocycles. The summed E-state index contributed by atoms with van der Waals surface area (Å²) in [5.74, 6) is -0.0755. The quantitative estimate of drug-likeness (QED) is 0.443. The summed E-state index contributed by atoms with van der Waals surface area (Å²) in [5.41, 5.74) is 4.36. The van der Waals surface area contributed by atoms with Gasteiger partial charge in [0.05, 0.1) is 41.5 Å². The Bertz CT molecular complexity index is 1430. The molecule has 12 heteroatoms. The zero-order valence-electron chi connectivity index (χ0n) is 18.9. The number of amides is 1. The number of pyridine rings is 1. The van der Waals surface area contributed by atoms with Crippen LogP contribution < -0.4 is 10.1 Å². The van der Waals surface area contributed by atoms with Gasteiger partial charge < -0.3 is 10.1 Å². The molecular weight excluding hydrogens is 464 g/mol. The summed E-state index contributed by atoms with van der Waals surface area (Å²) >= 11 is 1.46. The van der Waals surface area contributed by atoms with Gasteiger partial charge in [-0.15, -0.1) is 11.3 Å². The minimum atomic E-state index is -3.70. The van der Waals surface area contributed by atoms with Gasteiger partial charge in [-0.2, -0.15) is 5.10 Å². The Kier molecular flexibility index (Phi) is 5.74. The number of carbonyl (C=O) groups is 1. The minimum absolute atomic E-state index is 0.0569. The third-order valence-electron chi connectivity index (χ3n) is 5.18. The molecule has 4 aromatic rings. The van der Waals surface area contributed by atoms with E-state index in [1.165, 1.54) is 29.3 Å². The van der Waals surface area contributed by atoms with Crippen molar-refractivity contribution < 1.29 is 17.9 Å². The van der Waals surface area contributed by atoms with Crippen LogP contribution in [-0.4, -0.2) is 50.3 Å². The number of imidazole rings is 1. The molecule has 0 spiro atoms. The van der Waals surface area contributed by atoms with Crippen LogP contribution >= 0.6 is 11.3 Å². The number of nitrogens with one attached hydrogen (secondary N) is 1. The van der Waals surface area contributed by atoms with Crippen LogP contribution in [0, 0.1) is 0 Å². The Labute approximate surface area is 195 Å². The van der Waals surface area contributed by atoms with Gasteiger partial charge in [-0.05, 0) is 26.8 Å². The molecule has 0 bridgehead atoms. The molecule has 1 amide bonds. The van der Waals surface area contributed by atoms with E-state index in [1.807, 2.05) is 5.38 Å². The number of aryl methyl sites for hydroxylation is 1. The van der Waals surface area contributed by atoms with Gasteiger partial charge in [-0.3, -0.25) is 13.9 Å². The fourth-order valence-electron chi connectivity index (χ4n) is 3.26. The van der Waals surface area contributed by atoms with Gasteiger partial charge in [0.15, 0.2) is 9.84 Å². The summed E-state index contributed by atoms with van der Waals surface area (Å²) < 4.78 is 33.8. The number of rotatable bonds is 6. The zero-order valence-corrected chi connectivity index (χ0v) is 20.5. The number of nitrogens with zero attached hydrogens (tertiary/aromatic N) is 5. The number of sulfone groups is 1. The lowest BCUT2D eigenvalue weighted by Crippen LogP contribution is -2.28. The lowest BCUT2D eigenvalue weighted by Gasteiger charge is -2.21. The molecule has 0 atom stereocenters. The second-order valence-electron chi connectivity index (χ2n) is 8.39. The smallest absolute Gasteiger partial charge is 0.269 e. The molecule has 33 heavy (non-hydrogen) atoms. The van der Waals surface area contributed by atoms with Gasteiger partial charge in [0.1, 0.15) is 27.7 Å². The first-order valence-corrected chi connectivity index (χ1v) is 12.4. The van der Waals surface area contributed by atoms with Crippen LogP contribution in [0.1, 0.15) is 37.0 Å². The van der Waals surface area contributed by atoms with E-state index in [0.29, 0.717) is 29.3 Å². The molecule has 174 valence electrons. The number of ether oxygens (including phenoxy) is 1. The number of carbonyl (C=O) groups excluding carboxylic acids is 1. The highest BCUT2D eigenvalue weighted by Crippen LogP contribution is 2.34. The Morgan fingerprint density at radius 1 is 1.24 bits per heavy atom. The minimum Gasteiger partial charge on any atom is -0.495 e. The Hall–Kier alpha value is -3.25. The second kappa shape index (κ2) is 8.27. The van der Waals surface area contributed by atoms with Crippen molar-refractivity contribution in [3.05, 3.63) is 46.8 Å². The van der Waals surface area contributed by atoms with Crippen LogP contribution in [0.25, 0.3) is 17.0 Å². The number of hydrogen-bond donors (Lipinski definition) is 1. The first-order chi connectivity index (χ1) is 15.5. The summed E-state index contributed by atoms with van der Waals surface area (Å²) in [6.45, 7) is 5.22. The predicted molar refractivity (Wildman–Crippen MR) is 124 cm³/mol. The van der Waals surface area contributed by atoms with Crippen LogP contribution in [0.15, 0.2) is 40.3 Å². The van der Waals surface area contributed by atoms with Crippen molar-refractivity contribution in [3.8, 4) is 17.1 Å². The fraction of sp³-hybridized carbons (Fsp3) is 0.333. The largest absolute Gasteiger partial charge is 0.495 e. The van der Waals surface area contributed by atoms with Crippen molar-refractivity contribution >= 4 is 32.7 Å². The first-order valence-electron chi connectivity index (χ1n) is 10.0. The highest BCUT2D eigenvalue weighted by Gasteiger charge is 2.34. The van der Waals surface area contributed by atoms with E-state index in [1.54, 1.807) is 56.1 Å². The summed E-state index contributed by atoms with van der Waals surface area (Å²) in [6.07, 6.45) is 3.08. The van der Waals surface area contributed by atoms with Crippen molar-refractivity contribution in [2.75, 3.05) is 7.11 Å². The standard InChI is InChI=1S/C21H24N6O4S2/c1-21(2,3)33(29,30)18-10-27-16(9-22-19(27)7-17(18)31-5)14-6-15(26(4)25-14)20(28)23-8-13-11-32-12-24-13/h6-7,9-12H,8H2,1-5H3,(H,23,28). The topological polar surface area (TPSA) is 120 Å². The molecule has 4 heterocycles. The summed E-state index contributed by atoms with van der Waals surface area (Å²) in [7, 11) is -0.608. The van der Waals surface area contributed by atoms with Crippen LogP contribution in [-0.2, 0) is 23.4 Å². The summed E-state index contributed by atoms with van der Waals surface area (Å²) in [5, 5.41) is 9.14. The molecule has 0 aliphatic heterocycles. The van der Waals surface area contributed by atoms with E-state index in [2.05, 4.69) is 20.4 Å². The van der Waals surface area contributed by atoms with E-state index in [-0.39, 0.29) is 16.6 Å². The number of methoxy groups -OCH3 is 1. The van der Waals surface area contributed by atoms with Gasteiger partial charge in [-0.25, -0.2) is 18.4 Å². The van der Waals surface area contributed by atoms with Crippen LogP contribution in [0.5, 0.6) is 5.75 Å². The molecule has 0 saturated carbocycles. The molecule has 0 saturated heterocycles. The Balaban J connectivity index is 1.74. The Morgan fingerprint density at radius 3 is 2.64 bits per heavy atom. The van der Waals surface area contributed by atoms with E-state index in [9.17, 15) is 13.2 Å². The molecule has 0 fully saturated rings. The molecule has 1 N–H and O–H groups in total. The summed E-state index contributed by atoms with van der Waals surface area (Å²) in [6, 6.07) is 3.22. The first kappa shape index (κ1) is 22.9. The van der Waals surface area contributed by atoms with Gasteiger partial charge >= 0.3 is 0 Å². The SMILES string of the molecule is COc1cc2ncc(-c3cc(C(=O)NCc4cscn4)n(C)n3)n2cc1S(=O)(=O)C(C)(C)C. The maximum atomic E-state index is 13.2. The summed E-state index contributed by atoms with van der Waals surface area (Å²) in [4.78, 5) is 21.3. The third-order valence-corrected chi connectivity index (χ3v) is 8.31. The highest BCUT2D eigenvalue weighted by atomic mass is 32.2. The molecule has 0 unspecified atom stereocenters. The molecule has 0 radical (unpaired) electrons. The van der Waals surface area contributed by atoms with Crippen molar-refractivity contribution in [1.29, 1.82) is 0 Å². The van der Waals surface area contributed by atoms with Crippen molar-refractivity contribution in [2.24, 2.45) is 7.05 Å². The highest BCUT2D eigenvalue weighted by molar-refractivity contribution is 7.92. The number of hydrogen-bond acceptors (Lipinski definition) is 8. The fourth-order valence-corrected chi connectivity index (χ4v) is 5.13. The van der Waals surface area contributed by atoms with Gasteiger partial charge in [0.2, 0.25) is 0 Å². The van der Waals surface area contributed by atoms with Gasteiger partial charge in [0, 0.05) is 24.7 Å². The van der Waals surface area contributed by atoms with E-state index in [4.69, 9.17) is 4.74 Å². The van der Waals surface area contributed by atoms with E-state index < -0.39 is 14.6 Å². The molecule has 4 aromatic heterocycles. The normalized spacial score (nSPS) is 12.3. The second-order valence-corrected chi connectivity index (χ2v) is 11.8. The van der Waals surface area contributed by atoms with E-state index >= 15 is 0 Å². The molecule has 0 aliphatic rings. The Morgan fingerprint density at radius 2 is 2.00 bits per heavy atom. The monoisotopic (exact) mass is 488 g/mol. The number of fused-ring (bicyclic) bond motifs is 1. The van der Waals surface area contributed by atoms with E-state index in [0.717, 1.165) is 5.69 Å². The van der Waals surface area contributed by atoms with Gasteiger partial charge in [0.25, 0.3) is 5.91 Å². The van der Waals surface area contributed by atoms with Crippen molar-refractivity contribution in [1.82, 2.24) is 29.5 Å². The zero-order chi connectivity index (χ0) is 24.0. The molecule has 4 rings (SSSR count). The van der Waals surface area contributed by atoms with Gasteiger partial charge in [-0.1, -0.05) is 0 Å². The van der Waals surface area contributed by atoms with Crippen LogP contribution in [0.2, 0.25) is 0 Å². The molecule has 10 nitrogen and oxygen atoms in total. The average Bonchev–Trinajstić information content (AvgIpc) is 3.49. The molecular formula is C21H24N6O4S2. The predicted octanol–water partition coefficient (Wildman–Crippen LogP) is 2.70. The van der Waals surface area contributed by atoms with Crippen molar-refractivity contribution in [3.63, 3.8) is 0 Å². The maximum absolute atomic E-state index is 13.2. The number of aromatic nitrogens is 5. The van der Waals surface area contributed by atoms with Crippen molar-refractivity contribution in [2.45, 2.75) is 37.0 Å². The lowest BCUT2D eigenvalue weighted by molar-refractivity contribution is 0.0941. The molecule has 0 aliphatic carbocycles. The van der Waals surface area contributed by atoms with Crippen LogP contribution in [0.4, 0.5) is 0 Å².